The van der Waals surface area contributed by atoms with Crippen molar-refractivity contribution in [2.24, 2.45) is 0 Å². The van der Waals surface area contributed by atoms with Gasteiger partial charge in [-0.15, -0.1) is 0 Å². The Labute approximate surface area is 117 Å². The second-order valence-electron chi connectivity index (χ2n) is 3.54. The maximum atomic E-state index is 11.8. The van der Waals surface area contributed by atoms with E-state index in [4.69, 9.17) is 10.2 Å². The molecule has 0 aliphatic carbocycles. The van der Waals surface area contributed by atoms with Crippen LogP contribution in [0.3, 0.4) is 0 Å². The SMILES string of the molecule is O=C(N[C@H](CCO)C(=O)O)c1cc(I)ccc1O. The summed E-state index contributed by atoms with van der Waals surface area (Å²) in [6.07, 6.45) is -0.0915. The van der Waals surface area contributed by atoms with Gasteiger partial charge >= 0.3 is 5.97 Å². The Morgan fingerprint density at radius 3 is 2.61 bits per heavy atom. The maximum absolute atomic E-state index is 11.8. The fraction of sp³-hybridized carbons (Fsp3) is 0.273. The summed E-state index contributed by atoms with van der Waals surface area (Å²) in [4.78, 5) is 22.6. The van der Waals surface area contributed by atoms with Crippen molar-refractivity contribution in [2.45, 2.75) is 12.5 Å². The molecule has 0 aliphatic heterocycles. The average Bonchev–Trinajstić information content (AvgIpc) is 2.31. The molecule has 18 heavy (non-hydrogen) atoms. The van der Waals surface area contributed by atoms with Gasteiger partial charge in [0.25, 0.3) is 5.91 Å². The number of rotatable bonds is 5. The fourth-order valence-electron chi connectivity index (χ4n) is 1.31. The number of amides is 1. The summed E-state index contributed by atoms with van der Waals surface area (Å²) in [6, 6.07) is 3.25. The Morgan fingerprint density at radius 2 is 2.06 bits per heavy atom. The first-order valence-electron chi connectivity index (χ1n) is 5.08. The Bertz CT molecular complexity index is 463. The number of hydrogen-bond donors (Lipinski definition) is 4. The minimum atomic E-state index is -1.23. The first kappa shape index (κ1) is 14.7. The van der Waals surface area contributed by atoms with Crippen molar-refractivity contribution in [3.05, 3.63) is 27.3 Å². The molecule has 1 amide bonds. The number of nitrogens with one attached hydrogen (secondary N) is 1. The number of hydrogen-bond acceptors (Lipinski definition) is 4. The number of benzene rings is 1. The van der Waals surface area contributed by atoms with Gasteiger partial charge in [0.05, 0.1) is 5.56 Å². The third-order valence-electron chi connectivity index (χ3n) is 2.22. The van der Waals surface area contributed by atoms with Gasteiger partial charge in [0.1, 0.15) is 11.8 Å². The molecule has 0 heterocycles. The van der Waals surface area contributed by atoms with E-state index in [0.29, 0.717) is 0 Å². The van der Waals surface area contributed by atoms with E-state index in [-0.39, 0.29) is 24.3 Å². The molecule has 7 heteroatoms. The van der Waals surface area contributed by atoms with Crippen molar-refractivity contribution in [3.8, 4) is 5.75 Å². The van der Waals surface area contributed by atoms with E-state index >= 15 is 0 Å². The number of carboxylic acid groups (broad SMARTS) is 1. The van der Waals surface area contributed by atoms with E-state index < -0.39 is 17.9 Å². The summed E-state index contributed by atoms with van der Waals surface area (Å²) in [5.41, 5.74) is 0.00564. The molecular formula is C11H12INO5. The third kappa shape index (κ3) is 3.84. The number of aliphatic hydroxyl groups excluding tert-OH is 1. The number of carbonyl (C=O) groups is 2. The molecular weight excluding hydrogens is 353 g/mol. The van der Waals surface area contributed by atoms with E-state index in [1.54, 1.807) is 6.07 Å². The highest BCUT2D eigenvalue weighted by Gasteiger charge is 2.21. The molecule has 0 aliphatic rings. The number of carboxylic acids is 1. The normalized spacial score (nSPS) is 11.9. The highest BCUT2D eigenvalue weighted by atomic mass is 127. The fourth-order valence-corrected chi connectivity index (χ4v) is 1.80. The van der Waals surface area contributed by atoms with Crippen LogP contribution >= 0.6 is 22.6 Å². The molecule has 0 saturated carbocycles. The molecule has 1 rings (SSSR count). The molecule has 98 valence electrons. The van der Waals surface area contributed by atoms with Gasteiger partial charge in [-0.05, 0) is 40.8 Å². The Hall–Kier alpha value is -1.35. The standard InChI is InChI=1S/C11H12INO5/c12-6-1-2-9(15)7(5-6)10(16)13-8(3-4-14)11(17)18/h1-2,5,8,14-15H,3-4H2,(H,13,16)(H,17,18)/t8-/m1/s1. The first-order valence-corrected chi connectivity index (χ1v) is 6.16. The number of aliphatic hydroxyl groups is 1. The van der Waals surface area contributed by atoms with Gasteiger partial charge in [0.2, 0.25) is 0 Å². The third-order valence-corrected chi connectivity index (χ3v) is 2.90. The van der Waals surface area contributed by atoms with E-state index in [9.17, 15) is 14.7 Å². The van der Waals surface area contributed by atoms with Crippen molar-refractivity contribution in [2.75, 3.05) is 6.61 Å². The molecule has 6 nitrogen and oxygen atoms in total. The molecule has 0 saturated heterocycles. The number of phenolic OH excluding ortho intramolecular Hbond substituents is 1. The molecule has 1 aromatic rings. The summed E-state index contributed by atoms with van der Waals surface area (Å²) in [6.45, 7) is -0.352. The van der Waals surface area contributed by atoms with Crippen molar-refractivity contribution < 1.29 is 24.9 Å². The minimum absolute atomic E-state index is 0.00564. The second-order valence-corrected chi connectivity index (χ2v) is 4.78. The summed E-state index contributed by atoms with van der Waals surface area (Å²) in [5, 5.41) is 29.3. The molecule has 0 fully saturated rings. The van der Waals surface area contributed by atoms with E-state index in [1.807, 2.05) is 22.6 Å². The van der Waals surface area contributed by atoms with Crippen LogP contribution in [0.2, 0.25) is 0 Å². The van der Waals surface area contributed by atoms with Crippen LogP contribution in [-0.2, 0) is 4.79 Å². The number of aliphatic carboxylic acids is 1. The lowest BCUT2D eigenvalue weighted by molar-refractivity contribution is -0.139. The van der Waals surface area contributed by atoms with Crippen LogP contribution in [-0.4, -0.2) is 39.8 Å². The zero-order valence-corrected chi connectivity index (χ0v) is 11.4. The summed E-state index contributed by atoms with van der Waals surface area (Å²) in [5.74, 6) is -2.14. The largest absolute Gasteiger partial charge is 0.507 e. The van der Waals surface area contributed by atoms with E-state index in [0.717, 1.165) is 3.57 Å². The smallest absolute Gasteiger partial charge is 0.326 e. The molecule has 0 aromatic heterocycles. The molecule has 0 unspecified atom stereocenters. The van der Waals surface area contributed by atoms with E-state index in [1.165, 1.54) is 12.1 Å². The van der Waals surface area contributed by atoms with Crippen molar-refractivity contribution in [1.29, 1.82) is 0 Å². The molecule has 4 N–H and O–H groups in total. The van der Waals surface area contributed by atoms with Gasteiger partial charge in [-0.2, -0.15) is 0 Å². The van der Waals surface area contributed by atoms with Crippen molar-refractivity contribution in [1.82, 2.24) is 5.32 Å². The van der Waals surface area contributed by atoms with Gasteiger partial charge in [0, 0.05) is 16.6 Å². The van der Waals surface area contributed by atoms with Crippen LogP contribution in [0, 0.1) is 3.57 Å². The number of aromatic hydroxyl groups is 1. The molecule has 0 spiro atoms. The number of phenols is 1. The molecule has 1 aromatic carbocycles. The van der Waals surface area contributed by atoms with Crippen LogP contribution in [0.5, 0.6) is 5.75 Å². The monoisotopic (exact) mass is 365 g/mol. The molecule has 0 bridgehead atoms. The average molecular weight is 365 g/mol. The van der Waals surface area contributed by atoms with Gasteiger partial charge in [0.15, 0.2) is 0 Å². The van der Waals surface area contributed by atoms with Crippen molar-refractivity contribution in [3.63, 3.8) is 0 Å². The van der Waals surface area contributed by atoms with Crippen LogP contribution in [0.25, 0.3) is 0 Å². The lowest BCUT2D eigenvalue weighted by atomic mass is 10.1. The number of halogens is 1. The van der Waals surface area contributed by atoms with Crippen LogP contribution < -0.4 is 5.32 Å². The zero-order valence-electron chi connectivity index (χ0n) is 9.26. The van der Waals surface area contributed by atoms with Crippen LogP contribution in [0.1, 0.15) is 16.8 Å². The summed E-state index contributed by atoms with van der Waals surface area (Å²) >= 11 is 1.97. The number of carbonyl (C=O) groups excluding carboxylic acids is 1. The predicted molar refractivity (Wildman–Crippen MR) is 71.4 cm³/mol. The molecule has 1 atom stereocenters. The van der Waals surface area contributed by atoms with E-state index in [2.05, 4.69) is 5.32 Å². The summed E-state index contributed by atoms with van der Waals surface area (Å²) < 4.78 is 0.740. The zero-order chi connectivity index (χ0) is 13.7. The summed E-state index contributed by atoms with van der Waals surface area (Å²) in [7, 11) is 0. The minimum Gasteiger partial charge on any atom is -0.507 e. The lowest BCUT2D eigenvalue weighted by Gasteiger charge is -2.13. The Balaban J connectivity index is 2.86. The quantitative estimate of drug-likeness (QED) is 0.571. The van der Waals surface area contributed by atoms with Crippen LogP contribution in [0.15, 0.2) is 18.2 Å². The predicted octanol–water partition coefficient (Wildman–Crippen LogP) is 0.562. The molecule has 0 radical (unpaired) electrons. The topological polar surface area (TPSA) is 107 Å². The van der Waals surface area contributed by atoms with Gasteiger partial charge in [-0.1, -0.05) is 0 Å². The first-order chi connectivity index (χ1) is 8.45. The van der Waals surface area contributed by atoms with Crippen LogP contribution in [0.4, 0.5) is 0 Å². The van der Waals surface area contributed by atoms with Gasteiger partial charge in [-0.3, -0.25) is 4.79 Å². The highest BCUT2D eigenvalue weighted by Crippen LogP contribution is 2.19. The second kappa shape index (κ2) is 6.55. The Kier molecular flexibility index (Phi) is 5.35. The van der Waals surface area contributed by atoms with Crippen molar-refractivity contribution >= 4 is 34.5 Å². The Morgan fingerprint density at radius 1 is 1.39 bits per heavy atom. The maximum Gasteiger partial charge on any atom is 0.326 e. The van der Waals surface area contributed by atoms with Gasteiger partial charge in [-0.25, -0.2) is 4.79 Å². The lowest BCUT2D eigenvalue weighted by Crippen LogP contribution is -2.41. The highest BCUT2D eigenvalue weighted by molar-refractivity contribution is 14.1. The van der Waals surface area contributed by atoms with Gasteiger partial charge < -0.3 is 20.6 Å².